The summed E-state index contributed by atoms with van der Waals surface area (Å²) in [6, 6.07) is -0.319. The van der Waals surface area contributed by atoms with Crippen molar-refractivity contribution in [3.05, 3.63) is 16.4 Å². The van der Waals surface area contributed by atoms with Crippen LogP contribution in [0.25, 0.3) is 0 Å². The van der Waals surface area contributed by atoms with E-state index in [9.17, 15) is 13.2 Å². The maximum atomic E-state index is 11.9. The summed E-state index contributed by atoms with van der Waals surface area (Å²) in [6.07, 6.45) is -3.52. The number of alkyl halides is 3. The molecule has 1 heterocycles. The molecule has 1 aromatic rings. The topological polar surface area (TPSA) is 53.1 Å². The van der Waals surface area contributed by atoms with Gasteiger partial charge in [-0.2, -0.15) is 18.3 Å². The van der Waals surface area contributed by atoms with Gasteiger partial charge in [-0.25, -0.2) is 0 Å². The molecule has 0 bridgehead atoms. The average Bonchev–Trinajstić information content (AvgIpc) is 2.50. The Balaban J connectivity index is 2.37. The molecule has 1 aromatic heterocycles. The van der Waals surface area contributed by atoms with E-state index in [4.69, 9.17) is 17.3 Å². The summed E-state index contributed by atoms with van der Waals surface area (Å²) in [5, 5.41) is 4.69. The number of nitrogens with two attached hydrogens (primary N) is 1. The van der Waals surface area contributed by atoms with E-state index in [2.05, 4.69) is 9.84 Å². The predicted octanol–water partition coefficient (Wildman–Crippen LogP) is 2.22. The molecule has 0 aliphatic carbocycles. The van der Waals surface area contributed by atoms with Crippen molar-refractivity contribution in [1.82, 2.24) is 9.78 Å². The highest BCUT2D eigenvalue weighted by atomic mass is 35.5. The third-order valence-electron chi connectivity index (χ3n) is 2.62. The summed E-state index contributed by atoms with van der Waals surface area (Å²) < 4.78 is 41.7. The molecular weight excluding hydrogens is 283 g/mol. The van der Waals surface area contributed by atoms with Crippen LogP contribution >= 0.6 is 11.6 Å². The summed E-state index contributed by atoms with van der Waals surface area (Å²) in [7, 11) is 1.75. The van der Waals surface area contributed by atoms with Gasteiger partial charge >= 0.3 is 6.18 Å². The van der Waals surface area contributed by atoms with Gasteiger partial charge in [-0.05, 0) is 13.3 Å². The molecule has 8 heteroatoms. The van der Waals surface area contributed by atoms with Crippen molar-refractivity contribution in [2.45, 2.75) is 32.0 Å². The number of halogens is 4. The zero-order chi connectivity index (χ0) is 14.6. The zero-order valence-electron chi connectivity index (χ0n) is 10.8. The minimum Gasteiger partial charge on any atom is -0.372 e. The molecule has 1 atom stereocenters. The molecule has 19 heavy (non-hydrogen) atoms. The van der Waals surface area contributed by atoms with Crippen molar-refractivity contribution < 1.29 is 17.9 Å². The third-order valence-corrected chi connectivity index (χ3v) is 3.11. The molecule has 0 fully saturated rings. The highest BCUT2D eigenvalue weighted by Crippen LogP contribution is 2.21. The Morgan fingerprint density at radius 2 is 2.11 bits per heavy atom. The fourth-order valence-electron chi connectivity index (χ4n) is 1.67. The Morgan fingerprint density at radius 3 is 2.58 bits per heavy atom. The zero-order valence-corrected chi connectivity index (χ0v) is 11.6. The van der Waals surface area contributed by atoms with Gasteiger partial charge in [0.05, 0.1) is 16.4 Å². The van der Waals surface area contributed by atoms with Crippen LogP contribution in [0.4, 0.5) is 13.2 Å². The second-order valence-corrected chi connectivity index (χ2v) is 4.77. The molecule has 0 aromatic carbocycles. The lowest BCUT2D eigenvalue weighted by Gasteiger charge is -2.13. The van der Waals surface area contributed by atoms with E-state index in [-0.39, 0.29) is 12.6 Å². The summed E-state index contributed by atoms with van der Waals surface area (Å²) >= 11 is 6.06. The largest absolute Gasteiger partial charge is 0.411 e. The number of aryl methyl sites for hydroxylation is 2. The molecule has 0 aliphatic heterocycles. The van der Waals surface area contributed by atoms with E-state index in [0.717, 1.165) is 5.69 Å². The summed E-state index contributed by atoms with van der Waals surface area (Å²) in [5.74, 6) is 0. The Kier molecular flexibility index (Phi) is 5.64. The van der Waals surface area contributed by atoms with Crippen LogP contribution in [-0.2, 0) is 18.2 Å². The lowest BCUT2D eigenvalue weighted by Crippen LogP contribution is -2.27. The first-order valence-corrected chi connectivity index (χ1v) is 6.16. The molecule has 4 nitrogen and oxygen atoms in total. The molecule has 0 saturated heterocycles. The predicted molar refractivity (Wildman–Crippen MR) is 66.1 cm³/mol. The lowest BCUT2D eigenvalue weighted by atomic mass is 10.1. The van der Waals surface area contributed by atoms with Crippen LogP contribution in [0.2, 0.25) is 5.02 Å². The van der Waals surface area contributed by atoms with Crippen LogP contribution in [0, 0.1) is 6.92 Å². The maximum absolute atomic E-state index is 11.9. The molecule has 0 spiro atoms. The maximum Gasteiger partial charge on any atom is 0.411 e. The number of aromatic nitrogens is 2. The van der Waals surface area contributed by atoms with Crippen LogP contribution in [0.3, 0.4) is 0 Å². The molecule has 1 unspecified atom stereocenters. The van der Waals surface area contributed by atoms with E-state index in [1.807, 2.05) is 0 Å². The molecule has 0 radical (unpaired) electrons. The Morgan fingerprint density at radius 1 is 1.47 bits per heavy atom. The molecule has 110 valence electrons. The van der Waals surface area contributed by atoms with Crippen LogP contribution in [0.5, 0.6) is 0 Å². The van der Waals surface area contributed by atoms with Gasteiger partial charge in [0, 0.05) is 26.1 Å². The van der Waals surface area contributed by atoms with Crippen molar-refractivity contribution >= 4 is 11.6 Å². The van der Waals surface area contributed by atoms with Crippen molar-refractivity contribution in [2.75, 3.05) is 13.2 Å². The number of ether oxygens (including phenoxy) is 1. The van der Waals surface area contributed by atoms with Crippen LogP contribution in [-0.4, -0.2) is 35.2 Å². The average molecular weight is 300 g/mol. The normalized spacial score (nSPS) is 13.8. The first kappa shape index (κ1) is 16.3. The molecule has 0 aliphatic rings. The molecule has 0 saturated carbocycles. The molecule has 0 amide bonds. The Bertz CT molecular complexity index is 420. The van der Waals surface area contributed by atoms with E-state index in [1.54, 1.807) is 18.7 Å². The van der Waals surface area contributed by atoms with Gasteiger partial charge in [0.1, 0.15) is 6.61 Å². The summed E-state index contributed by atoms with van der Waals surface area (Å²) in [5.41, 5.74) is 7.33. The van der Waals surface area contributed by atoms with Gasteiger partial charge in [0.2, 0.25) is 0 Å². The molecule has 2 N–H and O–H groups in total. The van der Waals surface area contributed by atoms with Crippen LogP contribution in [0.15, 0.2) is 0 Å². The monoisotopic (exact) mass is 299 g/mol. The standard InChI is InChI=1S/C11H17ClF3N3O/c1-7-10(12)9(18(2)17-7)5-8(16)3-4-19-6-11(13,14)15/h8H,3-6,16H2,1-2H3. The van der Waals surface area contributed by atoms with Crippen molar-refractivity contribution in [2.24, 2.45) is 12.8 Å². The van der Waals surface area contributed by atoms with E-state index < -0.39 is 12.8 Å². The second-order valence-electron chi connectivity index (χ2n) is 4.39. The Hall–Kier alpha value is -0.790. The smallest absolute Gasteiger partial charge is 0.372 e. The highest BCUT2D eigenvalue weighted by Gasteiger charge is 2.27. The van der Waals surface area contributed by atoms with Gasteiger partial charge in [-0.3, -0.25) is 4.68 Å². The Labute approximate surface area is 114 Å². The van der Waals surface area contributed by atoms with E-state index in [0.29, 0.717) is 23.6 Å². The van der Waals surface area contributed by atoms with E-state index >= 15 is 0 Å². The third kappa shape index (κ3) is 5.38. The summed E-state index contributed by atoms with van der Waals surface area (Å²) in [4.78, 5) is 0. The fourth-order valence-corrected chi connectivity index (χ4v) is 1.91. The van der Waals surface area contributed by atoms with Gasteiger partial charge in [-0.1, -0.05) is 11.6 Å². The number of nitrogens with zero attached hydrogens (tertiary/aromatic N) is 2. The SMILES string of the molecule is Cc1nn(C)c(CC(N)CCOCC(F)(F)F)c1Cl. The number of rotatable bonds is 6. The van der Waals surface area contributed by atoms with Crippen molar-refractivity contribution in [3.63, 3.8) is 0 Å². The van der Waals surface area contributed by atoms with Crippen molar-refractivity contribution in [3.8, 4) is 0 Å². The minimum absolute atomic E-state index is 0.0326. The van der Waals surface area contributed by atoms with Gasteiger partial charge in [-0.15, -0.1) is 0 Å². The second kappa shape index (κ2) is 6.58. The van der Waals surface area contributed by atoms with Crippen molar-refractivity contribution in [1.29, 1.82) is 0 Å². The fraction of sp³-hybridized carbons (Fsp3) is 0.727. The highest BCUT2D eigenvalue weighted by molar-refractivity contribution is 6.31. The quantitative estimate of drug-likeness (QED) is 0.820. The van der Waals surface area contributed by atoms with Crippen LogP contribution < -0.4 is 5.73 Å². The van der Waals surface area contributed by atoms with Crippen LogP contribution in [0.1, 0.15) is 17.8 Å². The number of hydrogen-bond donors (Lipinski definition) is 1. The summed E-state index contributed by atoms with van der Waals surface area (Å²) in [6.45, 7) is 0.504. The molecule has 1 rings (SSSR count). The first-order valence-electron chi connectivity index (χ1n) is 5.78. The lowest BCUT2D eigenvalue weighted by molar-refractivity contribution is -0.174. The molecular formula is C11H17ClF3N3O. The van der Waals surface area contributed by atoms with E-state index in [1.165, 1.54) is 0 Å². The van der Waals surface area contributed by atoms with Gasteiger partial charge in [0.15, 0.2) is 0 Å². The minimum atomic E-state index is -4.30. The number of hydrogen-bond acceptors (Lipinski definition) is 3. The first-order chi connectivity index (χ1) is 8.70. The van der Waals surface area contributed by atoms with Gasteiger partial charge in [0.25, 0.3) is 0 Å². The van der Waals surface area contributed by atoms with Gasteiger partial charge < -0.3 is 10.5 Å².